The number of halogens is 6. The first kappa shape index (κ1) is 33.6. The highest BCUT2D eigenvalue weighted by Crippen LogP contribution is 2.37. The van der Waals surface area contributed by atoms with E-state index in [-0.39, 0.29) is 51.6 Å². The number of benzene rings is 4. The first-order chi connectivity index (χ1) is 21.2. The molecule has 45 heavy (non-hydrogen) atoms. The first-order valence-corrected chi connectivity index (χ1v) is 15.1. The van der Waals surface area contributed by atoms with Crippen molar-refractivity contribution in [1.82, 2.24) is 0 Å². The van der Waals surface area contributed by atoms with E-state index in [0.29, 0.717) is 24.9 Å². The molecule has 0 aliphatic rings. The number of hydrogen-bond acceptors (Lipinski definition) is 7. The fourth-order valence-electron chi connectivity index (χ4n) is 4.26. The number of sulfone groups is 1. The summed E-state index contributed by atoms with van der Waals surface area (Å²) in [7, 11) is -4.05. The Morgan fingerprint density at radius 3 is 1.58 bits per heavy atom. The van der Waals surface area contributed by atoms with Crippen LogP contribution in [0, 0.1) is 0 Å². The van der Waals surface area contributed by atoms with Gasteiger partial charge in [0.2, 0.25) is 9.84 Å². The summed E-state index contributed by atoms with van der Waals surface area (Å²) in [6, 6.07) is 16.7. The average molecular weight is 654 g/mol. The summed E-state index contributed by atoms with van der Waals surface area (Å²) in [5.41, 5.74) is 9.63. The zero-order valence-electron chi connectivity index (χ0n) is 23.6. The van der Waals surface area contributed by atoms with E-state index in [1.165, 1.54) is 60.7 Å². The normalized spacial score (nSPS) is 12.2. The van der Waals surface area contributed by atoms with Crippen LogP contribution in [0.2, 0.25) is 0 Å². The molecule has 0 unspecified atom stereocenters. The maximum Gasteiger partial charge on any atom is 0.416 e. The van der Waals surface area contributed by atoms with Crippen molar-refractivity contribution in [1.29, 1.82) is 0 Å². The zero-order valence-corrected chi connectivity index (χ0v) is 24.4. The van der Waals surface area contributed by atoms with Crippen LogP contribution in [0.1, 0.15) is 23.1 Å². The summed E-state index contributed by atoms with van der Waals surface area (Å²) in [6.45, 7) is 0.744. The molecule has 0 saturated carbocycles. The molecule has 0 aromatic heterocycles. The predicted octanol–water partition coefficient (Wildman–Crippen LogP) is 7.40. The van der Waals surface area contributed by atoms with Crippen LogP contribution in [0.5, 0.6) is 23.0 Å². The summed E-state index contributed by atoms with van der Waals surface area (Å²) < 4.78 is 118. The predicted molar refractivity (Wildman–Crippen MR) is 156 cm³/mol. The SMILES string of the molecule is NCCCc1cc(Oc2ccc(S(=O)(=O)c3ccc(Oc4cc(NCCN)cc(C(F)(F)F)c4)cc3)cc2)cc(C(F)(F)F)c1. The van der Waals surface area contributed by atoms with Gasteiger partial charge in [-0.25, -0.2) is 8.42 Å². The molecule has 0 heterocycles. The molecule has 0 aliphatic heterocycles. The third-order valence-corrected chi connectivity index (χ3v) is 8.20. The Labute approximate surface area is 255 Å². The van der Waals surface area contributed by atoms with E-state index in [9.17, 15) is 34.8 Å². The van der Waals surface area contributed by atoms with Gasteiger partial charge in [0, 0.05) is 24.8 Å². The molecule has 7 nitrogen and oxygen atoms in total. The quantitative estimate of drug-likeness (QED) is 0.136. The monoisotopic (exact) mass is 653 g/mol. The van der Waals surface area contributed by atoms with Crippen molar-refractivity contribution in [3.63, 3.8) is 0 Å². The number of aryl methyl sites for hydroxylation is 1. The minimum atomic E-state index is -4.63. The first-order valence-electron chi connectivity index (χ1n) is 13.6. The van der Waals surface area contributed by atoms with Gasteiger partial charge in [0.25, 0.3) is 0 Å². The molecule has 0 atom stereocenters. The van der Waals surface area contributed by atoms with Crippen LogP contribution in [0.4, 0.5) is 32.0 Å². The van der Waals surface area contributed by atoms with Gasteiger partial charge in [-0.3, -0.25) is 0 Å². The Balaban J connectivity index is 1.51. The second kappa shape index (κ2) is 13.8. The summed E-state index contributed by atoms with van der Waals surface area (Å²) in [4.78, 5) is -0.245. The van der Waals surface area contributed by atoms with E-state index in [2.05, 4.69) is 5.32 Å². The topological polar surface area (TPSA) is 117 Å². The van der Waals surface area contributed by atoms with Crippen LogP contribution in [-0.2, 0) is 28.6 Å². The second-order valence-corrected chi connectivity index (χ2v) is 11.8. The average Bonchev–Trinajstić information content (AvgIpc) is 2.98. The van der Waals surface area contributed by atoms with Crippen molar-refractivity contribution < 1.29 is 44.2 Å². The highest BCUT2D eigenvalue weighted by atomic mass is 32.2. The molecule has 4 rings (SSSR count). The Kier molecular flexibility index (Phi) is 10.3. The van der Waals surface area contributed by atoms with Crippen LogP contribution in [0.3, 0.4) is 0 Å². The van der Waals surface area contributed by atoms with Crippen molar-refractivity contribution in [2.24, 2.45) is 11.5 Å². The highest BCUT2D eigenvalue weighted by Gasteiger charge is 2.32. The Morgan fingerprint density at radius 2 is 1.11 bits per heavy atom. The third-order valence-electron chi connectivity index (χ3n) is 6.41. The van der Waals surface area contributed by atoms with E-state index in [1.54, 1.807) is 0 Å². The highest BCUT2D eigenvalue weighted by molar-refractivity contribution is 7.91. The number of nitrogens with two attached hydrogens (primary N) is 2. The number of anilines is 1. The molecule has 0 fully saturated rings. The summed E-state index contributed by atoms with van der Waals surface area (Å²) in [5, 5.41) is 2.77. The largest absolute Gasteiger partial charge is 0.457 e. The molecule has 240 valence electrons. The Bertz CT molecular complexity index is 1590. The van der Waals surface area contributed by atoms with Gasteiger partial charge < -0.3 is 26.3 Å². The van der Waals surface area contributed by atoms with Crippen molar-refractivity contribution in [3.8, 4) is 23.0 Å². The number of nitrogens with one attached hydrogen (secondary N) is 1. The van der Waals surface area contributed by atoms with Crippen LogP contribution < -0.4 is 26.3 Å². The molecule has 14 heteroatoms. The third kappa shape index (κ3) is 8.90. The summed E-state index contributed by atoms with van der Waals surface area (Å²) in [6.07, 6.45) is -8.41. The second-order valence-electron chi connectivity index (χ2n) is 9.87. The van der Waals surface area contributed by atoms with Crippen molar-refractivity contribution >= 4 is 15.5 Å². The minimum absolute atomic E-state index is 0.0638. The van der Waals surface area contributed by atoms with Crippen molar-refractivity contribution in [2.75, 3.05) is 25.0 Å². The van der Waals surface area contributed by atoms with Gasteiger partial charge in [-0.15, -0.1) is 0 Å². The lowest BCUT2D eigenvalue weighted by molar-refractivity contribution is -0.138. The Hall–Kier alpha value is -4.27. The van der Waals surface area contributed by atoms with Gasteiger partial charge in [0.05, 0.1) is 20.9 Å². The smallest absolute Gasteiger partial charge is 0.416 e. The van der Waals surface area contributed by atoms with E-state index >= 15 is 0 Å². The van der Waals surface area contributed by atoms with Crippen LogP contribution in [-0.4, -0.2) is 28.1 Å². The van der Waals surface area contributed by atoms with Gasteiger partial charge >= 0.3 is 12.4 Å². The molecule has 4 aromatic rings. The van der Waals surface area contributed by atoms with E-state index in [1.807, 2.05) is 0 Å². The molecule has 4 aromatic carbocycles. The molecule has 0 bridgehead atoms. The molecule has 0 amide bonds. The van der Waals surface area contributed by atoms with Crippen LogP contribution >= 0.6 is 0 Å². The fraction of sp³-hybridized carbons (Fsp3) is 0.226. The number of alkyl halides is 6. The molecule has 5 N–H and O–H groups in total. The standard InChI is InChI=1S/C31H29F6N3O4S/c32-30(33,34)21-14-20(2-1-11-38)15-26(17-21)43-24-3-7-28(8-4-24)45(41,42)29-9-5-25(6-10-29)44-27-18-22(31(35,36)37)16-23(19-27)40-13-12-39/h3-10,14-19,40H,1-2,11-13,38-39H2. The molecule has 0 spiro atoms. The number of ether oxygens (including phenoxy) is 2. The minimum Gasteiger partial charge on any atom is -0.457 e. The molecule has 0 radical (unpaired) electrons. The van der Waals surface area contributed by atoms with E-state index in [0.717, 1.165) is 24.3 Å². The van der Waals surface area contributed by atoms with Gasteiger partial charge in [-0.2, -0.15) is 26.3 Å². The maximum absolute atomic E-state index is 13.4. The lowest BCUT2D eigenvalue weighted by Crippen LogP contribution is -2.14. The van der Waals surface area contributed by atoms with Gasteiger partial charge in [-0.05, 0) is 104 Å². The fourth-order valence-corrected chi connectivity index (χ4v) is 5.52. The lowest BCUT2D eigenvalue weighted by Gasteiger charge is -2.14. The van der Waals surface area contributed by atoms with E-state index < -0.39 is 33.3 Å². The molecule has 0 saturated heterocycles. The molecular formula is C31H29F6N3O4S. The zero-order chi connectivity index (χ0) is 32.8. The van der Waals surface area contributed by atoms with E-state index in [4.69, 9.17) is 20.9 Å². The Morgan fingerprint density at radius 1 is 0.622 bits per heavy atom. The van der Waals surface area contributed by atoms with Crippen molar-refractivity contribution in [3.05, 3.63) is 102 Å². The van der Waals surface area contributed by atoms with Crippen LogP contribution in [0.15, 0.2) is 94.7 Å². The summed E-state index contributed by atoms with van der Waals surface area (Å²) in [5.74, 6) is 0.0193. The van der Waals surface area contributed by atoms with Crippen molar-refractivity contribution in [2.45, 2.75) is 35.0 Å². The van der Waals surface area contributed by atoms with Gasteiger partial charge in [0.15, 0.2) is 0 Å². The molecular weight excluding hydrogens is 624 g/mol. The maximum atomic E-state index is 13.4. The number of hydrogen-bond donors (Lipinski definition) is 3. The van der Waals surface area contributed by atoms with Crippen LogP contribution in [0.25, 0.3) is 0 Å². The summed E-state index contributed by atoms with van der Waals surface area (Å²) >= 11 is 0. The van der Waals surface area contributed by atoms with Gasteiger partial charge in [0.1, 0.15) is 23.0 Å². The molecule has 0 aliphatic carbocycles. The lowest BCUT2D eigenvalue weighted by atomic mass is 10.1. The van der Waals surface area contributed by atoms with Gasteiger partial charge in [-0.1, -0.05) is 0 Å². The number of rotatable bonds is 12.